The highest BCUT2D eigenvalue weighted by molar-refractivity contribution is 7.17. The molecule has 6 nitrogen and oxygen atoms in total. The van der Waals surface area contributed by atoms with E-state index in [1.807, 2.05) is 24.3 Å². The lowest BCUT2D eigenvalue weighted by Gasteiger charge is -2.19. The predicted molar refractivity (Wildman–Crippen MR) is 102 cm³/mol. The minimum absolute atomic E-state index is 0.153. The lowest BCUT2D eigenvalue weighted by molar-refractivity contribution is -0.134. The fourth-order valence-corrected chi connectivity index (χ4v) is 3.27. The summed E-state index contributed by atoms with van der Waals surface area (Å²) in [6.45, 7) is -0.0214. The molecule has 1 aromatic carbocycles. The van der Waals surface area contributed by atoms with Crippen LogP contribution in [0.3, 0.4) is 0 Å². The Balaban J connectivity index is 1.94. The molecule has 1 heterocycles. The number of carbonyl (C=O) groups is 2. The first kappa shape index (κ1) is 20.4. The molecule has 8 heteroatoms. The average molecular weight is 402 g/mol. The predicted octanol–water partition coefficient (Wildman–Crippen LogP) is 3.88. The van der Waals surface area contributed by atoms with Crippen LogP contribution in [0, 0.1) is 22.7 Å². The Morgan fingerprint density at radius 2 is 1.67 bits per heavy atom. The molecule has 2 rings (SSSR count). The zero-order chi connectivity index (χ0) is 19.6. The van der Waals surface area contributed by atoms with Gasteiger partial charge in [-0.15, -0.1) is 11.3 Å². The highest BCUT2D eigenvalue weighted by atomic mass is 35.5. The van der Waals surface area contributed by atoms with E-state index in [4.69, 9.17) is 26.9 Å². The number of hydrogen-bond donors (Lipinski definition) is 0. The van der Waals surface area contributed by atoms with Gasteiger partial charge in [0.2, 0.25) is 0 Å². The number of halogens is 1. The summed E-state index contributed by atoms with van der Waals surface area (Å²) in [6.07, 6.45) is 0.307. The number of nitriles is 2. The van der Waals surface area contributed by atoms with Crippen molar-refractivity contribution in [1.29, 1.82) is 10.5 Å². The first-order valence-electron chi connectivity index (χ1n) is 8.09. The van der Waals surface area contributed by atoms with E-state index in [1.54, 1.807) is 24.3 Å². The van der Waals surface area contributed by atoms with Crippen LogP contribution in [0.5, 0.6) is 0 Å². The smallest absolute Gasteiger partial charge is 0.348 e. The minimum atomic E-state index is -0.589. The minimum Gasteiger partial charge on any atom is -0.451 e. The van der Waals surface area contributed by atoms with Crippen LogP contribution in [-0.4, -0.2) is 36.5 Å². The maximum absolute atomic E-state index is 12.2. The van der Waals surface area contributed by atoms with Gasteiger partial charge in [-0.25, -0.2) is 4.79 Å². The number of esters is 1. The fourth-order valence-electron chi connectivity index (χ4n) is 2.24. The van der Waals surface area contributed by atoms with E-state index in [1.165, 1.54) is 16.2 Å². The van der Waals surface area contributed by atoms with Crippen molar-refractivity contribution in [2.75, 3.05) is 19.7 Å². The number of amides is 1. The Hall–Kier alpha value is -2.87. The molecule has 0 aliphatic carbocycles. The van der Waals surface area contributed by atoms with Crippen LogP contribution < -0.4 is 0 Å². The SMILES string of the molecule is N#CCCN(CCC#N)C(=O)COC(=O)c1ccc(-c2ccc(Cl)cc2)s1. The van der Waals surface area contributed by atoms with Crippen molar-refractivity contribution in [2.24, 2.45) is 0 Å². The first-order valence-corrected chi connectivity index (χ1v) is 9.29. The summed E-state index contributed by atoms with van der Waals surface area (Å²) in [5.41, 5.74) is 0.929. The second kappa shape index (κ2) is 10.3. The molecule has 0 saturated heterocycles. The topological polar surface area (TPSA) is 94.2 Å². The van der Waals surface area contributed by atoms with Crippen molar-refractivity contribution in [3.05, 3.63) is 46.3 Å². The average Bonchev–Trinajstić information content (AvgIpc) is 3.17. The maximum atomic E-state index is 12.2. The number of hydrogen-bond acceptors (Lipinski definition) is 6. The Labute approximate surface area is 166 Å². The molecule has 0 N–H and O–H groups in total. The van der Waals surface area contributed by atoms with Crippen LogP contribution in [0.2, 0.25) is 5.02 Å². The van der Waals surface area contributed by atoms with Gasteiger partial charge in [0.25, 0.3) is 5.91 Å². The second-order valence-corrected chi connectivity index (χ2v) is 6.96. The lowest BCUT2D eigenvalue weighted by atomic mass is 10.2. The molecule has 0 fully saturated rings. The Bertz CT molecular complexity index is 863. The van der Waals surface area contributed by atoms with Crippen LogP contribution in [0.1, 0.15) is 22.5 Å². The molecule has 0 spiro atoms. The zero-order valence-corrected chi connectivity index (χ0v) is 15.9. The molecular formula is C19H16ClN3O3S. The molecule has 138 valence electrons. The van der Waals surface area contributed by atoms with E-state index in [2.05, 4.69) is 0 Å². The van der Waals surface area contributed by atoms with Gasteiger partial charge in [0.05, 0.1) is 25.0 Å². The van der Waals surface area contributed by atoms with Gasteiger partial charge in [-0.3, -0.25) is 4.79 Å². The molecule has 0 radical (unpaired) electrons. The molecule has 0 atom stereocenters. The molecule has 0 bridgehead atoms. The van der Waals surface area contributed by atoms with Gasteiger partial charge in [0.1, 0.15) is 4.88 Å². The largest absolute Gasteiger partial charge is 0.451 e. The van der Waals surface area contributed by atoms with Crippen LogP contribution in [0.15, 0.2) is 36.4 Å². The van der Waals surface area contributed by atoms with Crippen LogP contribution in [0.4, 0.5) is 0 Å². The molecule has 0 unspecified atom stereocenters. The van der Waals surface area contributed by atoms with E-state index >= 15 is 0 Å². The quantitative estimate of drug-likeness (QED) is 0.625. The number of rotatable bonds is 8. The molecule has 0 aliphatic rings. The van der Waals surface area contributed by atoms with Gasteiger partial charge in [-0.2, -0.15) is 10.5 Å². The van der Waals surface area contributed by atoms with Crippen molar-refractivity contribution in [1.82, 2.24) is 4.90 Å². The third-order valence-corrected chi connectivity index (χ3v) is 4.97. The third-order valence-electron chi connectivity index (χ3n) is 3.60. The highest BCUT2D eigenvalue weighted by Gasteiger charge is 2.17. The van der Waals surface area contributed by atoms with E-state index < -0.39 is 18.5 Å². The summed E-state index contributed by atoms with van der Waals surface area (Å²) in [6, 6.07) is 14.6. The van der Waals surface area contributed by atoms with Crippen LogP contribution in [-0.2, 0) is 9.53 Å². The van der Waals surface area contributed by atoms with Crippen molar-refractivity contribution in [3.8, 4) is 22.6 Å². The molecule has 0 saturated carbocycles. The van der Waals surface area contributed by atoms with E-state index in [0.717, 1.165) is 10.4 Å². The third kappa shape index (κ3) is 6.10. The Morgan fingerprint density at radius 1 is 1.04 bits per heavy atom. The summed E-state index contributed by atoms with van der Waals surface area (Å²) < 4.78 is 5.09. The summed E-state index contributed by atoms with van der Waals surface area (Å²) >= 11 is 7.13. The van der Waals surface area contributed by atoms with Gasteiger partial charge >= 0.3 is 5.97 Å². The monoisotopic (exact) mass is 401 g/mol. The molecule has 1 amide bonds. The number of thiophene rings is 1. The zero-order valence-electron chi connectivity index (χ0n) is 14.4. The molecular weight excluding hydrogens is 386 g/mol. The molecule has 0 aliphatic heterocycles. The van der Waals surface area contributed by atoms with Crippen molar-refractivity contribution in [3.63, 3.8) is 0 Å². The van der Waals surface area contributed by atoms with E-state index in [-0.39, 0.29) is 25.9 Å². The lowest BCUT2D eigenvalue weighted by Crippen LogP contribution is -2.36. The standard InChI is InChI=1S/C19H16ClN3O3S/c20-15-5-3-14(4-6-15)16-7-8-17(27-16)19(25)26-13-18(24)23(11-1-9-21)12-2-10-22/h3-8H,1-2,11-13H2. The highest BCUT2D eigenvalue weighted by Crippen LogP contribution is 2.29. The summed E-state index contributed by atoms with van der Waals surface area (Å²) in [5.74, 6) is -1.02. The van der Waals surface area contributed by atoms with Gasteiger partial charge in [-0.05, 0) is 29.8 Å². The fraction of sp³-hybridized carbons (Fsp3) is 0.263. The van der Waals surface area contributed by atoms with E-state index in [9.17, 15) is 9.59 Å². The van der Waals surface area contributed by atoms with Gasteiger partial charge < -0.3 is 9.64 Å². The summed E-state index contributed by atoms with van der Waals surface area (Å²) in [4.78, 5) is 27.0. The van der Waals surface area contributed by atoms with Crippen LogP contribution >= 0.6 is 22.9 Å². The van der Waals surface area contributed by atoms with Gasteiger partial charge in [0.15, 0.2) is 6.61 Å². The molecule has 27 heavy (non-hydrogen) atoms. The number of benzene rings is 1. The Morgan fingerprint density at radius 3 is 2.26 bits per heavy atom. The number of carbonyl (C=O) groups excluding carboxylic acids is 2. The van der Waals surface area contributed by atoms with Crippen molar-refractivity contribution in [2.45, 2.75) is 12.8 Å². The summed E-state index contributed by atoms with van der Waals surface area (Å²) in [5, 5.41) is 17.9. The second-order valence-electron chi connectivity index (χ2n) is 5.44. The number of ether oxygens (including phenoxy) is 1. The van der Waals surface area contributed by atoms with Gasteiger partial charge in [-0.1, -0.05) is 23.7 Å². The Kier molecular flexibility index (Phi) is 7.81. The van der Waals surface area contributed by atoms with E-state index in [0.29, 0.717) is 9.90 Å². The van der Waals surface area contributed by atoms with Crippen LogP contribution in [0.25, 0.3) is 10.4 Å². The summed E-state index contributed by atoms with van der Waals surface area (Å²) in [7, 11) is 0. The van der Waals surface area contributed by atoms with Gasteiger partial charge in [0, 0.05) is 23.0 Å². The van der Waals surface area contributed by atoms with Crippen molar-refractivity contribution >= 4 is 34.8 Å². The molecule has 1 aromatic heterocycles. The normalized spacial score (nSPS) is 9.89. The first-order chi connectivity index (χ1) is 13.0. The molecule has 2 aromatic rings. The number of nitrogens with zero attached hydrogens (tertiary/aromatic N) is 3. The van der Waals surface area contributed by atoms with Crippen molar-refractivity contribution < 1.29 is 14.3 Å². The maximum Gasteiger partial charge on any atom is 0.348 e.